The maximum absolute atomic E-state index is 12.7. The smallest absolute Gasteiger partial charge is 0.264 e. The van der Waals surface area contributed by atoms with E-state index in [-0.39, 0.29) is 12.0 Å². The average molecular weight is 288 g/mol. The minimum Gasteiger partial charge on any atom is -0.480 e. The van der Waals surface area contributed by atoms with Gasteiger partial charge in [0.1, 0.15) is 5.75 Å². The van der Waals surface area contributed by atoms with Gasteiger partial charge in [-0.25, -0.2) is 0 Å². The Balaban J connectivity index is 1.58. The average Bonchev–Trinajstić information content (AvgIpc) is 2.96. The number of carbonyl (C=O) groups excluding carboxylic acids is 1. The van der Waals surface area contributed by atoms with Gasteiger partial charge in [-0.05, 0) is 37.4 Å². The van der Waals surface area contributed by atoms with Crippen molar-refractivity contribution < 1.29 is 9.53 Å². The molecule has 4 nitrogen and oxygen atoms in total. The molecule has 2 aliphatic rings. The van der Waals surface area contributed by atoms with Gasteiger partial charge >= 0.3 is 0 Å². The molecule has 21 heavy (non-hydrogen) atoms. The molecule has 0 spiro atoms. The van der Waals surface area contributed by atoms with Crippen LogP contribution in [0.4, 0.5) is 0 Å². The Morgan fingerprint density at radius 1 is 1.43 bits per heavy atom. The molecule has 4 heteroatoms. The lowest BCUT2D eigenvalue weighted by atomic mass is 10.0. The number of fused-ring (bicyclic) bond motifs is 1. The molecule has 2 atom stereocenters. The Kier molecular flexibility index (Phi) is 4.44. The van der Waals surface area contributed by atoms with Gasteiger partial charge < -0.3 is 15.0 Å². The normalized spacial score (nSPS) is 24.5. The fraction of sp³-hybridized carbons (Fsp3) is 0.588. The molecule has 1 aromatic rings. The molecule has 2 heterocycles. The summed E-state index contributed by atoms with van der Waals surface area (Å²) >= 11 is 0. The van der Waals surface area contributed by atoms with Crippen LogP contribution in [-0.4, -0.2) is 42.6 Å². The largest absolute Gasteiger partial charge is 0.480 e. The van der Waals surface area contributed by atoms with Gasteiger partial charge in [-0.1, -0.05) is 25.1 Å². The third-order valence-electron chi connectivity index (χ3n) is 4.34. The molecule has 2 aliphatic heterocycles. The predicted molar refractivity (Wildman–Crippen MR) is 82.5 cm³/mol. The molecular formula is C17H24N2O2. The predicted octanol–water partition coefficient (Wildman–Crippen LogP) is 1.98. The highest BCUT2D eigenvalue weighted by molar-refractivity contribution is 5.82. The van der Waals surface area contributed by atoms with Crippen LogP contribution in [0.2, 0.25) is 0 Å². The first-order valence-electron chi connectivity index (χ1n) is 8.04. The lowest BCUT2D eigenvalue weighted by Gasteiger charge is -2.34. The lowest BCUT2D eigenvalue weighted by Crippen LogP contribution is -2.51. The first-order valence-corrected chi connectivity index (χ1v) is 8.04. The molecule has 0 saturated carbocycles. The van der Waals surface area contributed by atoms with Crippen molar-refractivity contribution in [3.8, 4) is 5.75 Å². The number of nitrogens with one attached hydrogen (secondary N) is 1. The fourth-order valence-electron chi connectivity index (χ4n) is 3.22. The van der Waals surface area contributed by atoms with E-state index in [0.717, 1.165) is 50.2 Å². The highest BCUT2D eigenvalue weighted by Gasteiger charge is 2.34. The maximum Gasteiger partial charge on any atom is 0.264 e. The van der Waals surface area contributed by atoms with Crippen LogP contribution in [0.5, 0.6) is 5.75 Å². The molecule has 114 valence electrons. The first-order chi connectivity index (χ1) is 10.3. The summed E-state index contributed by atoms with van der Waals surface area (Å²) in [6, 6.07) is 8.39. The number of carbonyl (C=O) groups is 1. The third kappa shape index (κ3) is 3.21. The van der Waals surface area contributed by atoms with Gasteiger partial charge in [-0.3, -0.25) is 4.79 Å². The number of ether oxygens (including phenoxy) is 1. The Morgan fingerprint density at radius 3 is 3.10 bits per heavy atom. The lowest BCUT2D eigenvalue weighted by molar-refractivity contribution is -0.139. The summed E-state index contributed by atoms with van der Waals surface area (Å²) in [4.78, 5) is 14.6. The van der Waals surface area contributed by atoms with Crippen molar-refractivity contribution in [3.63, 3.8) is 0 Å². The molecule has 0 radical (unpaired) electrons. The molecule has 0 aromatic heterocycles. The second kappa shape index (κ2) is 6.48. The Hall–Kier alpha value is -1.55. The monoisotopic (exact) mass is 288 g/mol. The van der Waals surface area contributed by atoms with Gasteiger partial charge in [0.2, 0.25) is 0 Å². The zero-order chi connectivity index (χ0) is 14.7. The zero-order valence-corrected chi connectivity index (χ0v) is 12.7. The van der Waals surface area contributed by atoms with E-state index in [4.69, 9.17) is 4.74 Å². The van der Waals surface area contributed by atoms with Crippen LogP contribution in [0, 0.1) is 0 Å². The van der Waals surface area contributed by atoms with Gasteiger partial charge in [0, 0.05) is 25.6 Å². The van der Waals surface area contributed by atoms with E-state index < -0.39 is 0 Å². The van der Waals surface area contributed by atoms with Crippen molar-refractivity contribution in [2.24, 2.45) is 0 Å². The summed E-state index contributed by atoms with van der Waals surface area (Å²) in [7, 11) is 0. The van der Waals surface area contributed by atoms with Gasteiger partial charge in [0.25, 0.3) is 5.91 Å². The van der Waals surface area contributed by atoms with Gasteiger partial charge in [-0.15, -0.1) is 0 Å². The topological polar surface area (TPSA) is 41.6 Å². The highest BCUT2D eigenvalue weighted by Crippen LogP contribution is 2.29. The van der Waals surface area contributed by atoms with E-state index in [9.17, 15) is 4.79 Å². The van der Waals surface area contributed by atoms with E-state index >= 15 is 0 Å². The molecular weight excluding hydrogens is 264 g/mol. The summed E-state index contributed by atoms with van der Waals surface area (Å²) in [6.07, 6.45) is 3.75. The second-order valence-corrected chi connectivity index (χ2v) is 6.00. The molecule has 3 rings (SSSR count). The van der Waals surface area contributed by atoms with Crippen LogP contribution in [0.25, 0.3) is 0 Å². The van der Waals surface area contributed by atoms with Crippen molar-refractivity contribution in [2.45, 2.75) is 44.8 Å². The van der Waals surface area contributed by atoms with Gasteiger partial charge in [0.15, 0.2) is 6.10 Å². The third-order valence-corrected chi connectivity index (χ3v) is 4.34. The number of piperidine rings is 1. The standard InChI is InChI=1S/C17H24N2O2/c1-2-9-18-14-7-5-10-19(12-14)17(20)16-11-13-6-3-4-8-15(13)21-16/h3-4,6,8,14,16,18H,2,5,7,9-12H2,1H3. The molecule has 1 saturated heterocycles. The van der Waals surface area contributed by atoms with Gasteiger partial charge in [-0.2, -0.15) is 0 Å². The summed E-state index contributed by atoms with van der Waals surface area (Å²) in [5, 5.41) is 3.53. The molecule has 0 bridgehead atoms. The number of para-hydroxylation sites is 1. The summed E-state index contributed by atoms with van der Waals surface area (Å²) in [5.74, 6) is 1.02. The fourth-order valence-corrected chi connectivity index (χ4v) is 3.22. The van der Waals surface area contributed by atoms with Gasteiger partial charge in [0.05, 0.1) is 0 Å². The Labute approximate surface area is 126 Å². The van der Waals surface area contributed by atoms with E-state index in [1.54, 1.807) is 0 Å². The highest BCUT2D eigenvalue weighted by atomic mass is 16.5. The van der Waals surface area contributed by atoms with Crippen LogP contribution in [0.3, 0.4) is 0 Å². The number of hydrogen-bond acceptors (Lipinski definition) is 3. The second-order valence-electron chi connectivity index (χ2n) is 6.00. The number of likely N-dealkylation sites (tertiary alicyclic amines) is 1. The molecule has 1 aromatic carbocycles. The summed E-state index contributed by atoms with van der Waals surface area (Å²) in [6.45, 7) is 4.87. The number of rotatable bonds is 4. The molecule has 2 unspecified atom stereocenters. The quantitative estimate of drug-likeness (QED) is 0.921. The number of hydrogen-bond donors (Lipinski definition) is 1. The minimum atomic E-state index is -0.327. The van der Waals surface area contributed by atoms with Crippen molar-refractivity contribution >= 4 is 5.91 Å². The van der Waals surface area contributed by atoms with Crippen molar-refractivity contribution in [2.75, 3.05) is 19.6 Å². The number of nitrogens with zero attached hydrogens (tertiary/aromatic N) is 1. The van der Waals surface area contributed by atoms with E-state index in [2.05, 4.69) is 12.2 Å². The maximum atomic E-state index is 12.7. The van der Waals surface area contributed by atoms with E-state index in [0.29, 0.717) is 12.5 Å². The molecule has 1 fully saturated rings. The SMILES string of the molecule is CCCNC1CCCN(C(=O)C2Cc3ccccc3O2)C1. The van der Waals surface area contributed by atoms with E-state index in [1.807, 2.05) is 29.2 Å². The number of amides is 1. The Bertz CT molecular complexity index is 478. The van der Waals surface area contributed by atoms with Crippen LogP contribution >= 0.6 is 0 Å². The van der Waals surface area contributed by atoms with Crippen molar-refractivity contribution in [1.29, 1.82) is 0 Å². The first kappa shape index (κ1) is 14.4. The van der Waals surface area contributed by atoms with Crippen LogP contribution in [0.1, 0.15) is 31.7 Å². The van der Waals surface area contributed by atoms with Crippen molar-refractivity contribution in [1.82, 2.24) is 10.2 Å². The Morgan fingerprint density at radius 2 is 2.29 bits per heavy atom. The summed E-state index contributed by atoms with van der Waals surface area (Å²) in [5.41, 5.74) is 1.15. The van der Waals surface area contributed by atoms with Crippen molar-refractivity contribution in [3.05, 3.63) is 29.8 Å². The van der Waals surface area contributed by atoms with Crippen LogP contribution < -0.4 is 10.1 Å². The van der Waals surface area contributed by atoms with Crippen LogP contribution in [0.15, 0.2) is 24.3 Å². The molecule has 1 N–H and O–H groups in total. The zero-order valence-electron chi connectivity index (χ0n) is 12.7. The van der Waals surface area contributed by atoms with Crippen LogP contribution in [-0.2, 0) is 11.2 Å². The summed E-state index contributed by atoms with van der Waals surface area (Å²) < 4.78 is 5.83. The van der Waals surface area contributed by atoms with E-state index in [1.165, 1.54) is 0 Å². The minimum absolute atomic E-state index is 0.147. The molecule has 1 amide bonds. The molecule has 0 aliphatic carbocycles. The number of benzene rings is 1.